The van der Waals surface area contributed by atoms with Crippen molar-refractivity contribution < 1.29 is 22.6 Å². The number of hydrogen-bond donors (Lipinski definition) is 2. The summed E-state index contributed by atoms with van der Waals surface area (Å²) in [7, 11) is 0. The summed E-state index contributed by atoms with van der Waals surface area (Å²) in [6, 6.07) is 5.99. The van der Waals surface area contributed by atoms with Gasteiger partial charge in [-0.15, -0.1) is 13.2 Å². The average Bonchev–Trinajstić information content (AvgIpc) is 3.36. The molecule has 0 aromatic heterocycles. The predicted octanol–water partition coefficient (Wildman–Crippen LogP) is 3.07. The standard InChI is InChI=1S/C17H24F3N3O2/c1-2-21-16(22-9-10-24-12-13-7-8-13)23-11-14-5-3-4-6-15(14)25-17(18,19)20/h3-6,13H,2,7-12H2,1H3,(H2,21,22,23). The highest BCUT2D eigenvalue weighted by molar-refractivity contribution is 5.79. The highest BCUT2D eigenvalue weighted by Crippen LogP contribution is 2.28. The van der Waals surface area contributed by atoms with Crippen molar-refractivity contribution in [3.63, 3.8) is 0 Å². The van der Waals surface area contributed by atoms with Crippen LogP contribution in [0, 0.1) is 5.92 Å². The molecular formula is C17H24F3N3O2. The lowest BCUT2D eigenvalue weighted by Crippen LogP contribution is -2.39. The Morgan fingerprint density at radius 1 is 1.24 bits per heavy atom. The number of rotatable bonds is 9. The van der Waals surface area contributed by atoms with E-state index in [2.05, 4.69) is 20.4 Å². The van der Waals surface area contributed by atoms with Gasteiger partial charge in [-0.2, -0.15) is 0 Å². The van der Waals surface area contributed by atoms with Crippen molar-refractivity contribution in [3.8, 4) is 5.75 Å². The molecule has 1 aliphatic carbocycles. The Kier molecular flexibility index (Phi) is 7.36. The van der Waals surface area contributed by atoms with Gasteiger partial charge in [-0.25, -0.2) is 4.99 Å². The van der Waals surface area contributed by atoms with Gasteiger partial charge in [0, 0.05) is 25.3 Å². The molecule has 1 aromatic rings. The van der Waals surface area contributed by atoms with E-state index in [1.165, 1.54) is 25.0 Å². The molecule has 0 saturated heterocycles. The maximum atomic E-state index is 12.4. The van der Waals surface area contributed by atoms with Gasteiger partial charge in [0.2, 0.25) is 0 Å². The average molecular weight is 359 g/mol. The first-order valence-electron chi connectivity index (χ1n) is 8.41. The normalized spacial score (nSPS) is 15.1. The molecule has 0 heterocycles. The van der Waals surface area contributed by atoms with Crippen molar-refractivity contribution in [3.05, 3.63) is 29.8 Å². The largest absolute Gasteiger partial charge is 0.573 e. The van der Waals surface area contributed by atoms with E-state index >= 15 is 0 Å². The number of nitrogens with one attached hydrogen (secondary N) is 2. The lowest BCUT2D eigenvalue weighted by atomic mass is 10.2. The van der Waals surface area contributed by atoms with E-state index in [1.54, 1.807) is 12.1 Å². The van der Waals surface area contributed by atoms with Crippen LogP contribution in [0.25, 0.3) is 0 Å². The molecule has 5 nitrogen and oxygen atoms in total. The summed E-state index contributed by atoms with van der Waals surface area (Å²) in [6.45, 7) is 4.58. The van der Waals surface area contributed by atoms with Crippen LogP contribution in [0.4, 0.5) is 13.2 Å². The topological polar surface area (TPSA) is 54.9 Å². The van der Waals surface area contributed by atoms with E-state index in [-0.39, 0.29) is 12.3 Å². The Labute approximate surface area is 145 Å². The summed E-state index contributed by atoms with van der Waals surface area (Å²) in [6.07, 6.45) is -2.23. The molecule has 0 spiro atoms. The third-order valence-corrected chi connectivity index (χ3v) is 3.54. The molecule has 0 radical (unpaired) electrons. The number of para-hydroxylation sites is 1. The molecule has 25 heavy (non-hydrogen) atoms. The number of aliphatic imine (C=N–C) groups is 1. The number of benzene rings is 1. The monoisotopic (exact) mass is 359 g/mol. The second-order valence-corrected chi connectivity index (χ2v) is 5.80. The van der Waals surface area contributed by atoms with Crippen molar-refractivity contribution in [1.82, 2.24) is 10.6 Å². The van der Waals surface area contributed by atoms with Gasteiger partial charge in [-0.05, 0) is 31.7 Å². The van der Waals surface area contributed by atoms with Gasteiger partial charge in [0.1, 0.15) is 5.75 Å². The van der Waals surface area contributed by atoms with Crippen LogP contribution in [0.3, 0.4) is 0 Å². The summed E-state index contributed by atoms with van der Waals surface area (Å²) in [4.78, 5) is 4.31. The molecule has 2 N–H and O–H groups in total. The maximum absolute atomic E-state index is 12.4. The Morgan fingerprint density at radius 2 is 2.00 bits per heavy atom. The molecule has 140 valence electrons. The highest BCUT2D eigenvalue weighted by atomic mass is 19.4. The van der Waals surface area contributed by atoms with Crippen LogP contribution in [-0.4, -0.2) is 38.6 Å². The zero-order valence-corrected chi connectivity index (χ0v) is 14.2. The van der Waals surface area contributed by atoms with E-state index in [0.29, 0.717) is 37.1 Å². The van der Waals surface area contributed by atoms with Crippen LogP contribution in [0.1, 0.15) is 25.3 Å². The molecule has 1 aliphatic rings. The van der Waals surface area contributed by atoms with Gasteiger partial charge in [0.15, 0.2) is 5.96 Å². The summed E-state index contributed by atoms with van der Waals surface area (Å²) < 4.78 is 46.9. The Hall–Kier alpha value is -1.96. The molecule has 1 fully saturated rings. The Bertz CT molecular complexity index is 560. The van der Waals surface area contributed by atoms with Crippen molar-refractivity contribution in [2.45, 2.75) is 32.7 Å². The first-order valence-corrected chi connectivity index (χ1v) is 8.41. The number of ether oxygens (including phenoxy) is 2. The van der Waals surface area contributed by atoms with Crippen LogP contribution >= 0.6 is 0 Å². The summed E-state index contributed by atoms with van der Waals surface area (Å²) in [5.74, 6) is 1.01. The molecule has 0 unspecified atom stereocenters. The lowest BCUT2D eigenvalue weighted by molar-refractivity contribution is -0.274. The fourth-order valence-corrected chi connectivity index (χ4v) is 2.14. The smallest absolute Gasteiger partial charge is 0.405 e. The Morgan fingerprint density at radius 3 is 2.68 bits per heavy atom. The summed E-state index contributed by atoms with van der Waals surface area (Å²) >= 11 is 0. The Balaban J connectivity index is 1.86. The number of halogens is 3. The van der Waals surface area contributed by atoms with E-state index in [1.807, 2.05) is 6.92 Å². The molecule has 2 rings (SSSR count). The van der Waals surface area contributed by atoms with E-state index < -0.39 is 6.36 Å². The van der Waals surface area contributed by atoms with E-state index in [0.717, 1.165) is 6.61 Å². The minimum Gasteiger partial charge on any atom is -0.405 e. The van der Waals surface area contributed by atoms with Gasteiger partial charge < -0.3 is 20.1 Å². The van der Waals surface area contributed by atoms with Gasteiger partial charge in [-0.3, -0.25) is 0 Å². The fraction of sp³-hybridized carbons (Fsp3) is 0.588. The van der Waals surface area contributed by atoms with Gasteiger partial charge in [0.25, 0.3) is 0 Å². The minimum absolute atomic E-state index is 0.0739. The first-order chi connectivity index (χ1) is 12.0. The zero-order chi connectivity index (χ0) is 18.1. The molecule has 0 bridgehead atoms. The van der Waals surface area contributed by atoms with Gasteiger partial charge >= 0.3 is 6.36 Å². The second-order valence-electron chi connectivity index (χ2n) is 5.80. The van der Waals surface area contributed by atoms with E-state index in [9.17, 15) is 13.2 Å². The van der Waals surface area contributed by atoms with Gasteiger partial charge in [0.05, 0.1) is 13.2 Å². The van der Waals surface area contributed by atoms with Crippen molar-refractivity contribution in [1.29, 1.82) is 0 Å². The van der Waals surface area contributed by atoms with Crippen molar-refractivity contribution in [2.24, 2.45) is 10.9 Å². The predicted molar refractivity (Wildman–Crippen MR) is 89.5 cm³/mol. The lowest BCUT2D eigenvalue weighted by Gasteiger charge is -2.14. The summed E-state index contributed by atoms with van der Waals surface area (Å²) in [5.41, 5.74) is 0.363. The SMILES string of the molecule is CCNC(=NCc1ccccc1OC(F)(F)F)NCCOCC1CC1. The first kappa shape index (κ1) is 19.4. The molecule has 0 aliphatic heterocycles. The van der Waals surface area contributed by atoms with Crippen LogP contribution in [-0.2, 0) is 11.3 Å². The number of nitrogens with zero attached hydrogens (tertiary/aromatic N) is 1. The number of hydrogen-bond acceptors (Lipinski definition) is 3. The van der Waals surface area contributed by atoms with Crippen molar-refractivity contribution in [2.75, 3.05) is 26.3 Å². The second kappa shape index (κ2) is 9.50. The quantitative estimate of drug-likeness (QED) is 0.404. The molecule has 0 amide bonds. The van der Waals surface area contributed by atoms with Crippen LogP contribution in [0.2, 0.25) is 0 Å². The van der Waals surface area contributed by atoms with Crippen LogP contribution < -0.4 is 15.4 Å². The van der Waals surface area contributed by atoms with Gasteiger partial charge in [-0.1, -0.05) is 18.2 Å². The zero-order valence-electron chi connectivity index (χ0n) is 14.2. The molecular weight excluding hydrogens is 335 g/mol. The van der Waals surface area contributed by atoms with Crippen molar-refractivity contribution >= 4 is 5.96 Å². The number of alkyl halides is 3. The molecule has 0 atom stereocenters. The van der Waals surface area contributed by atoms with E-state index in [4.69, 9.17) is 4.74 Å². The van der Waals surface area contributed by atoms with Crippen LogP contribution in [0.5, 0.6) is 5.75 Å². The highest BCUT2D eigenvalue weighted by Gasteiger charge is 2.31. The molecule has 1 saturated carbocycles. The minimum atomic E-state index is -4.72. The summed E-state index contributed by atoms with van der Waals surface area (Å²) in [5, 5.41) is 6.16. The third kappa shape index (κ3) is 8.11. The van der Waals surface area contributed by atoms with Crippen LogP contribution in [0.15, 0.2) is 29.3 Å². The maximum Gasteiger partial charge on any atom is 0.573 e. The fourth-order valence-electron chi connectivity index (χ4n) is 2.14. The molecule has 8 heteroatoms. The molecule has 1 aromatic carbocycles. The number of guanidine groups is 1. The third-order valence-electron chi connectivity index (χ3n) is 3.54.